The van der Waals surface area contributed by atoms with E-state index < -0.39 is 10.0 Å². The molecule has 2 aromatic heterocycles. The lowest BCUT2D eigenvalue weighted by molar-refractivity contribution is 0.371. The first kappa shape index (κ1) is 15.2. The van der Waals surface area contributed by atoms with Gasteiger partial charge in [0.25, 0.3) is 0 Å². The molecule has 0 radical (unpaired) electrons. The molecule has 0 spiro atoms. The van der Waals surface area contributed by atoms with Crippen molar-refractivity contribution in [2.45, 2.75) is 51.1 Å². The van der Waals surface area contributed by atoms with E-state index in [1.54, 1.807) is 24.3 Å². The van der Waals surface area contributed by atoms with E-state index in [1.807, 2.05) is 17.7 Å². The molecule has 7 nitrogen and oxygen atoms in total. The van der Waals surface area contributed by atoms with Crippen LogP contribution in [0.5, 0.6) is 0 Å². The number of aryl methyl sites for hydroxylation is 3. The molecule has 0 bridgehead atoms. The Balaban J connectivity index is 2.03. The maximum absolute atomic E-state index is 13.0. The second-order valence-corrected chi connectivity index (χ2v) is 7.33. The van der Waals surface area contributed by atoms with Gasteiger partial charge in [-0.1, -0.05) is 5.16 Å². The highest BCUT2D eigenvalue weighted by molar-refractivity contribution is 7.89. The molecule has 1 unspecified atom stereocenters. The third-order valence-corrected chi connectivity index (χ3v) is 6.28. The zero-order chi connectivity index (χ0) is 15.9. The van der Waals surface area contributed by atoms with E-state index in [9.17, 15) is 8.42 Å². The summed E-state index contributed by atoms with van der Waals surface area (Å²) in [6.45, 7) is 6.52. The van der Waals surface area contributed by atoms with Gasteiger partial charge in [0.15, 0.2) is 5.76 Å². The fourth-order valence-corrected chi connectivity index (χ4v) is 5.14. The predicted octanol–water partition coefficient (Wildman–Crippen LogP) is 2.03. The highest BCUT2D eigenvalue weighted by atomic mass is 32.2. The molecular formula is C14H20N4O3S. The summed E-state index contributed by atoms with van der Waals surface area (Å²) in [5.74, 6) is 0.340. The van der Waals surface area contributed by atoms with Crippen molar-refractivity contribution < 1.29 is 12.9 Å². The number of sulfonamides is 1. The molecule has 1 aliphatic heterocycles. The summed E-state index contributed by atoms with van der Waals surface area (Å²) in [5, 5.41) is 8.03. The minimum absolute atomic E-state index is 0.179. The average molecular weight is 324 g/mol. The molecule has 3 heterocycles. The standard InChI is InChI=1S/C14H20N4O3S/c1-4-17-12(7-8-15-17)13-6-5-9-18(13)22(19,20)14-10(2)16-21-11(14)3/h7-8,13H,4-6,9H2,1-3H3. The van der Waals surface area contributed by atoms with Gasteiger partial charge in [0.05, 0.1) is 11.7 Å². The number of hydrogen-bond donors (Lipinski definition) is 0. The zero-order valence-corrected chi connectivity index (χ0v) is 13.8. The van der Waals surface area contributed by atoms with E-state index in [1.165, 1.54) is 0 Å². The Hall–Kier alpha value is -1.67. The third kappa shape index (κ3) is 2.26. The molecule has 0 N–H and O–H groups in total. The van der Waals surface area contributed by atoms with Crippen LogP contribution in [-0.4, -0.2) is 34.2 Å². The normalized spacial score (nSPS) is 19.9. The van der Waals surface area contributed by atoms with Crippen LogP contribution in [0.1, 0.15) is 43.0 Å². The Morgan fingerprint density at radius 1 is 1.41 bits per heavy atom. The summed E-state index contributed by atoms with van der Waals surface area (Å²) in [6.07, 6.45) is 3.36. The summed E-state index contributed by atoms with van der Waals surface area (Å²) in [4.78, 5) is 0.196. The monoisotopic (exact) mass is 324 g/mol. The number of nitrogens with zero attached hydrogens (tertiary/aromatic N) is 4. The second-order valence-electron chi connectivity index (χ2n) is 5.50. The highest BCUT2D eigenvalue weighted by Gasteiger charge is 2.40. The van der Waals surface area contributed by atoms with Gasteiger partial charge < -0.3 is 4.52 Å². The maximum Gasteiger partial charge on any atom is 0.249 e. The summed E-state index contributed by atoms with van der Waals surface area (Å²) in [7, 11) is -3.62. The van der Waals surface area contributed by atoms with Gasteiger partial charge in [-0.05, 0) is 39.7 Å². The van der Waals surface area contributed by atoms with Gasteiger partial charge in [-0.25, -0.2) is 8.42 Å². The quantitative estimate of drug-likeness (QED) is 0.859. The van der Waals surface area contributed by atoms with Gasteiger partial charge in [-0.3, -0.25) is 4.68 Å². The lowest BCUT2D eigenvalue weighted by atomic mass is 10.1. The molecule has 0 saturated carbocycles. The van der Waals surface area contributed by atoms with Gasteiger partial charge in [0, 0.05) is 19.3 Å². The van der Waals surface area contributed by atoms with Crippen LogP contribution in [0.4, 0.5) is 0 Å². The first-order valence-electron chi connectivity index (χ1n) is 7.43. The van der Waals surface area contributed by atoms with Crippen molar-refractivity contribution in [1.29, 1.82) is 0 Å². The Labute approximate surface area is 129 Å². The molecule has 8 heteroatoms. The minimum atomic E-state index is -3.62. The van der Waals surface area contributed by atoms with Crippen LogP contribution in [-0.2, 0) is 16.6 Å². The van der Waals surface area contributed by atoms with Crippen molar-refractivity contribution in [1.82, 2.24) is 19.2 Å². The van der Waals surface area contributed by atoms with E-state index in [0.29, 0.717) is 18.0 Å². The molecule has 2 aromatic rings. The zero-order valence-electron chi connectivity index (χ0n) is 13.0. The maximum atomic E-state index is 13.0. The minimum Gasteiger partial charge on any atom is -0.360 e. The highest BCUT2D eigenvalue weighted by Crippen LogP contribution is 2.37. The van der Waals surface area contributed by atoms with Gasteiger partial charge in [-0.15, -0.1) is 0 Å². The summed E-state index contributed by atoms with van der Waals surface area (Å²) < 4.78 is 34.5. The van der Waals surface area contributed by atoms with E-state index in [0.717, 1.165) is 25.1 Å². The van der Waals surface area contributed by atoms with Gasteiger partial charge in [-0.2, -0.15) is 9.40 Å². The van der Waals surface area contributed by atoms with Crippen LogP contribution in [0, 0.1) is 13.8 Å². The molecule has 1 atom stereocenters. The van der Waals surface area contributed by atoms with Crippen molar-refractivity contribution in [2.24, 2.45) is 0 Å². The van der Waals surface area contributed by atoms with Crippen LogP contribution in [0.3, 0.4) is 0 Å². The van der Waals surface area contributed by atoms with Gasteiger partial charge in [0.1, 0.15) is 10.6 Å². The molecule has 0 aromatic carbocycles. The van der Waals surface area contributed by atoms with Crippen LogP contribution in [0.2, 0.25) is 0 Å². The summed E-state index contributed by atoms with van der Waals surface area (Å²) >= 11 is 0. The largest absolute Gasteiger partial charge is 0.360 e. The first-order chi connectivity index (χ1) is 10.5. The fraction of sp³-hybridized carbons (Fsp3) is 0.571. The van der Waals surface area contributed by atoms with Crippen LogP contribution in [0.15, 0.2) is 21.7 Å². The van der Waals surface area contributed by atoms with E-state index in [2.05, 4.69) is 10.3 Å². The second kappa shape index (κ2) is 5.51. The average Bonchev–Trinajstić information content (AvgIpc) is 3.17. The molecule has 0 amide bonds. The number of hydrogen-bond acceptors (Lipinski definition) is 5. The number of aromatic nitrogens is 3. The molecule has 1 saturated heterocycles. The molecule has 1 aliphatic rings. The Bertz CT molecular complexity index is 758. The Morgan fingerprint density at radius 2 is 2.18 bits per heavy atom. The van der Waals surface area contributed by atoms with Crippen molar-refractivity contribution in [2.75, 3.05) is 6.54 Å². The molecule has 120 valence electrons. The van der Waals surface area contributed by atoms with Crippen molar-refractivity contribution >= 4 is 10.0 Å². The lowest BCUT2D eigenvalue weighted by Crippen LogP contribution is -2.32. The summed E-state index contributed by atoms with van der Waals surface area (Å²) in [6, 6.07) is 1.72. The topological polar surface area (TPSA) is 81.2 Å². The third-order valence-electron chi connectivity index (χ3n) is 4.13. The van der Waals surface area contributed by atoms with Crippen molar-refractivity contribution in [3.63, 3.8) is 0 Å². The Kier molecular flexibility index (Phi) is 3.82. The van der Waals surface area contributed by atoms with E-state index in [4.69, 9.17) is 4.52 Å². The summed E-state index contributed by atoms with van der Waals surface area (Å²) in [5.41, 5.74) is 1.35. The van der Waals surface area contributed by atoms with E-state index >= 15 is 0 Å². The van der Waals surface area contributed by atoms with Crippen molar-refractivity contribution in [3.8, 4) is 0 Å². The van der Waals surface area contributed by atoms with E-state index in [-0.39, 0.29) is 10.9 Å². The predicted molar refractivity (Wildman–Crippen MR) is 79.7 cm³/mol. The number of rotatable bonds is 4. The molecule has 22 heavy (non-hydrogen) atoms. The molecule has 1 fully saturated rings. The lowest BCUT2D eigenvalue weighted by Gasteiger charge is -2.24. The fourth-order valence-electron chi connectivity index (χ4n) is 3.17. The molecule has 3 rings (SSSR count). The molecular weight excluding hydrogens is 304 g/mol. The first-order valence-corrected chi connectivity index (χ1v) is 8.87. The SMILES string of the molecule is CCn1nccc1C1CCCN1S(=O)(=O)c1c(C)noc1C. The smallest absolute Gasteiger partial charge is 0.249 e. The van der Waals surface area contributed by atoms with Crippen LogP contribution in [0.25, 0.3) is 0 Å². The molecule has 0 aliphatic carbocycles. The van der Waals surface area contributed by atoms with Gasteiger partial charge >= 0.3 is 0 Å². The van der Waals surface area contributed by atoms with Gasteiger partial charge in [0.2, 0.25) is 10.0 Å². The van der Waals surface area contributed by atoms with Crippen LogP contribution >= 0.6 is 0 Å². The Morgan fingerprint density at radius 3 is 2.82 bits per heavy atom. The van der Waals surface area contributed by atoms with Crippen LogP contribution < -0.4 is 0 Å². The van der Waals surface area contributed by atoms with Crippen molar-refractivity contribution in [3.05, 3.63) is 29.4 Å².